The topological polar surface area (TPSA) is 59.7 Å². The largest absolute Gasteiger partial charge is 0.315 e. The van der Waals surface area contributed by atoms with Crippen LogP contribution in [0.2, 0.25) is 5.02 Å². The van der Waals surface area contributed by atoms with Gasteiger partial charge in [-0.2, -0.15) is 5.10 Å². The summed E-state index contributed by atoms with van der Waals surface area (Å²) in [5.41, 5.74) is 5.22. The monoisotopic (exact) mass is 434 g/mol. The van der Waals surface area contributed by atoms with Gasteiger partial charge in [-0.3, -0.25) is 4.98 Å². The third kappa shape index (κ3) is 3.25. The minimum atomic E-state index is -0.481. The third-order valence-electron chi connectivity index (χ3n) is 5.59. The van der Waals surface area contributed by atoms with Crippen molar-refractivity contribution in [3.8, 4) is 16.8 Å². The quantitative estimate of drug-likeness (QED) is 0.420. The molecule has 156 valence electrons. The summed E-state index contributed by atoms with van der Waals surface area (Å²) >= 11 is 5.92. The van der Waals surface area contributed by atoms with Crippen molar-refractivity contribution >= 4 is 23.1 Å². The molecule has 1 aromatic carbocycles. The zero-order chi connectivity index (χ0) is 21.7. The summed E-state index contributed by atoms with van der Waals surface area (Å²) in [6.45, 7) is 6.02. The zero-order valence-corrected chi connectivity index (χ0v) is 18.1. The summed E-state index contributed by atoms with van der Waals surface area (Å²) in [5, 5.41) is 4.86. The van der Waals surface area contributed by atoms with Crippen LogP contribution in [0, 0.1) is 12.7 Å². The first-order valence-electron chi connectivity index (χ1n) is 10.1. The summed E-state index contributed by atoms with van der Waals surface area (Å²) in [5.74, 6) is 0.827. The van der Waals surface area contributed by atoms with Crippen molar-refractivity contribution in [2.75, 3.05) is 4.90 Å². The SMILES string of the molecule is CCc1nn2cc1N(c1nc(C)ncc1-c1ccc(Cl)c(F)c1)C(C)c1cncc-2c1. The van der Waals surface area contributed by atoms with Crippen molar-refractivity contribution in [2.45, 2.75) is 33.2 Å². The summed E-state index contributed by atoms with van der Waals surface area (Å²) in [4.78, 5) is 15.7. The third-order valence-corrected chi connectivity index (χ3v) is 5.90. The van der Waals surface area contributed by atoms with Crippen LogP contribution in [-0.4, -0.2) is 24.7 Å². The van der Waals surface area contributed by atoms with E-state index in [0.717, 1.165) is 29.1 Å². The van der Waals surface area contributed by atoms with Crippen molar-refractivity contribution in [3.63, 3.8) is 0 Å². The highest BCUT2D eigenvalue weighted by Gasteiger charge is 2.29. The molecule has 0 spiro atoms. The average molecular weight is 435 g/mol. The number of hydrogen-bond acceptors (Lipinski definition) is 5. The molecule has 1 atom stereocenters. The predicted molar refractivity (Wildman–Crippen MR) is 118 cm³/mol. The highest BCUT2D eigenvalue weighted by atomic mass is 35.5. The molecule has 4 aromatic rings. The highest BCUT2D eigenvalue weighted by Crippen LogP contribution is 2.42. The lowest BCUT2D eigenvalue weighted by molar-refractivity contribution is 0.629. The van der Waals surface area contributed by atoms with E-state index < -0.39 is 5.82 Å². The second-order valence-electron chi connectivity index (χ2n) is 7.56. The number of rotatable bonds is 3. The van der Waals surface area contributed by atoms with Gasteiger partial charge in [0.15, 0.2) is 0 Å². The van der Waals surface area contributed by atoms with E-state index in [4.69, 9.17) is 21.7 Å². The van der Waals surface area contributed by atoms with E-state index in [1.807, 2.05) is 24.0 Å². The van der Waals surface area contributed by atoms with Gasteiger partial charge in [-0.15, -0.1) is 0 Å². The number of benzene rings is 1. The molecular weight excluding hydrogens is 415 g/mol. The minimum Gasteiger partial charge on any atom is -0.315 e. The molecule has 0 amide bonds. The molecule has 0 fully saturated rings. The Balaban J connectivity index is 1.78. The van der Waals surface area contributed by atoms with Crippen molar-refractivity contribution in [2.24, 2.45) is 0 Å². The van der Waals surface area contributed by atoms with Crippen molar-refractivity contribution in [1.82, 2.24) is 24.7 Å². The average Bonchev–Trinajstić information content (AvgIpc) is 3.20. The van der Waals surface area contributed by atoms with Crippen LogP contribution in [0.3, 0.4) is 0 Å². The maximum atomic E-state index is 14.3. The number of nitrogens with zero attached hydrogens (tertiary/aromatic N) is 6. The predicted octanol–water partition coefficient (Wildman–Crippen LogP) is 5.60. The molecule has 31 heavy (non-hydrogen) atoms. The van der Waals surface area contributed by atoms with Crippen LogP contribution in [-0.2, 0) is 6.42 Å². The normalized spacial score (nSPS) is 15.0. The lowest BCUT2D eigenvalue weighted by atomic mass is 10.0. The summed E-state index contributed by atoms with van der Waals surface area (Å²) in [6, 6.07) is 6.75. The fraction of sp³-hybridized carbons (Fsp3) is 0.217. The molecular formula is C23H20ClFN6. The van der Waals surface area contributed by atoms with Crippen LogP contribution in [0.1, 0.15) is 37.0 Å². The van der Waals surface area contributed by atoms with Crippen LogP contribution >= 0.6 is 11.6 Å². The molecule has 1 aliphatic rings. The van der Waals surface area contributed by atoms with Crippen LogP contribution in [0.25, 0.3) is 16.8 Å². The van der Waals surface area contributed by atoms with E-state index in [-0.39, 0.29) is 11.1 Å². The molecule has 0 saturated heterocycles. The molecule has 4 bridgehead atoms. The number of anilines is 2. The second-order valence-corrected chi connectivity index (χ2v) is 7.97. The van der Waals surface area contributed by atoms with Gasteiger partial charge in [0, 0.05) is 18.0 Å². The van der Waals surface area contributed by atoms with Crippen LogP contribution in [0.4, 0.5) is 15.9 Å². The van der Waals surface area contributed by atoms with Crippen molar-refractivity contribution < 1.29 is 4.39 Å². The smallest absolute Gasteiger partial charge is 0.145 e. The molecule has 3 aromatic heterocycles. The number of pyridine rings is 1. The minimum absolute atomic E-state index is 0.0791. The first-order valence-corrected chi connectivity index (χ1v) is 10.5. The second kappa shape index (κ2) is 7.42. The van der Waals surface area contributed by atoms with Gasteiger partial charge >= 0.3 is 0 Å². The van der Waals surface area contributed by atoms with Gasteiger partial charge in [0.05, 0.1) is 40.5 Å². The van der Waals surface area contributed by atoms with E-state index in [1.54, 1.807) is 24.5 Å². The molecule has 0 N–H and O–H groups in total. The Bertz CT molecular complexity index is 1300. The van der Waals surface area contributed by atoms with E-state index >= 15 is 0 Å². The Morgan fingerprint density at radius 3 is 2.77 bits per heavy atom. The number of aryl methyl sites for hydroxylation is 2. The summed E-state index contributed by atoms with van der Waals surface area (Å²) < 4.78 is 16.1. The van der Waals surface area contributed by atoms with Gasteiger partial charge < -0.3 is 4.90 Å². The Morgan fingerprint density at radius 1 is 1.16 bits per heavy atom. The highest BCUT2D eigenvalue weighted by molar-refractivity contribution is 6.30. The Morgan fingerprint density at radius 2 is 2.00 bits per heavy atom. The van der Waals surface area contributed by atoms with E-state index in [9.17, 15) is 4.39 Å². The molecule has 1 unspecified atom stereocenters. The van der Waals surface area contributed by atoms with Gasteiger partial charge in [-0.05, 0) is 49.6 Å². The van der Waals surface area contributed by atoms with Crippen LogP contribution in [0.15, 0.2) is 49.1 Å². The van der Waals surface area contributed by atoms with Gasteiger partial charge in [0.1, 0.15) is 17.5 Å². The number of fused-ring (bicyclic) bond motifs is 5. The van der Waals surface area contributed by atoms with Crippen molar-refractivity contribution in [3.05, 3.63) is 77.0 Å². The standard InChI is InChI=1S/C23H20ClFN6/c1-4-21-22-12-30(29-21)17-7-16(9-26-10-17)13(2)31(22)23-18(11-27-14(3)28-23)15-5-6-19(24)20(25)8-15/h5-13H,4H2,1-3H3. The first-order chi connectivity index (χ1) is 15.0. The molecule has 6 nitrogen and oxygen atoms in total. The molecule has 8 heteroatoms. The van der Waals surface area contributed by atoms with Gasteiger partial charge in [0.2, 0.25) is 0 Å². The lowest BCUT2D eigenvalue weighted by Gasteiger charge is -2.32. The molecule has 4 heterocycles. The van der Waals surface area contributed by atoms with Gasteiger partial charge in [0.25, 0.3) is 0 Å². The Labute approximate surface area is 184 Å². The van der Waals surface area contributed by atoms with Crippen LogP contribution < -0.4 is 4.90 Å². The fourth-order valence-corrected chi connectivity index (χ4v) is 4.07. The number of halogens is 2. The number of hydrogen-bond donors (Lipinski definition) is 0. The van der Waals surface area contributed by atoms with Crippen LogP contribution in [0.5, 0.6) is 0 Å². The van der Waals surface area contributed by atoms with E-state index in [0.29, 0.717) is 22.8 Å². The van der Waals surface area contributed by atoms with E-state index in [1.165, 1.54) is 6.07 Å². The van der Waals surface area contributed by atoms with Gasteiger partial charge in [-0.1, -0.05) is 24.6 Å². The fourth-order valence-electron chi connectivity index (χ4n) is 3.95. The summed E-state index contributed by atoms with van der Waals surface area (Å²) in [6.07, 6.45) is 8.15. The van der Waals surface area contributed by atoms with E-state index in [2.05, 4.69) is 34.8 Å². The maximum Gasteiger partial charge on any atom is 0.145 e. The molecule has 0 aliphatic carbocycles. The summed E-state index contributed by atoms with van der Waals surface area (Å²) in [7, 11) is 0. The first kappa shape index (κ1) is 19.6. The molecule has 0 saturated carbocycles. The molecule has 0 radical (unpaired) electrons. The Kier molecular flexibility index (Phi) is 4.70. The molecule has 5 rings (SSSR count). The maximum absolute atomic E-state index is 14.3. The molecule has 1 aliphatic heterocycles. The Hall–Kier alpha value is -3.32. The van der Waals surface area contributed by atoms with Crippen molar-refractivity contribution in [1.29, 1.82) is 0 Å². The number of aromatic nitrogens is 5. The van der Waals surface area contributed by atoms with Gasteiger partial charge in [-0.25, -0.2) is 19.0 Å². The zero-order valence-electron chi connectivity index (χ0n) is 17.3. The lowest BCUT2D eigenvalue weighted by Crippen LogP contribution is -2.25.